The number of halogens is 1. The molecule has 2 atom stereocenters. The molecule has 2 amide bonds. The number of ether oxygens (including phenoxy) is 3. The molecule has 2 unspecified atom stereocenters. The van der Waals surface area contributed by atoms with Gasteiger partial charge in [-0.1, -0.05) is 19.1 Å². The first-order valence-corrected chi connectivity index (χ1v) is 11.3. The highest BCUT2D eigenvalue weighted by molar-refractivity contribution is 7.99. The molecule has 0 radical (unpaired) electrons. The Morgan fingerprint density at radius 1 is 1.09 bits per heavy atom. The minimum absolute atomic E-state index is 0.218. The molecule has 32 heavy (non-hydrogen) atoms. The summed E-state index contributed by atoms with van der Waals surface area (Å²) in [6.07, 6.45) is 0.786. The van der Waals surface area contributed by atoms with Crippen LogP contribution in [-0.4, -0.2) is 56.4 Å². The molecule has 1 aliphatic heterocycles. The van der Waals surface area contributed by atoms with E-state index in [9.17, 15) is 14.0 Å². The maximum absolute atomic E-state index is 13.7. The predicted molar refractivity (Wildman–Crippen MR) is 121 cm³/mol. The third kappa shape index (κ3) is 4.77. The predicted octanol–water partition coefficient (Wildman–Crippen LogP) is 3.63. The summed E-state index contributed by atoms with van der Waals surface area (Å²) < 4.78 is 29.6. The molecule has 0 bridgehead atoms. The van der Waals surface area contributed by atoms with Crippen molar-refractivity contribution >= 4 is 23.6 Å². The molecular weight excluding hydrogens is 435 g/mol. The van der Waals surface area contributed by atoms with Crippen LogP contribution in [0, 0.1) is 5.82 Å². The van der Waals surface area contributed by atoms with E-state index in [4.69, 9.17) is 14.2 Å². The third-order valence-corrected chi connectivity index (χ3v) is 6.48. The van der Waals surface area contributed by atoms with Crippen molar-refractivity contribution < 1.29 is 28.2 Å². The molecule has 1 aliphatic rings. The van der Waals surface area contributed by atoms with Gasteiger partial charge in [0.2, 0.25) is 11.7 Å². The maximum atomic E-state index is 13.7. The number of carbonyl (C=O) groups is 2. The van der Waals surface area contributed by atoms with E-state index in [1.165, 1.54) is 45.2 Å². The molecule has 2 aromatic carbocycles. The van der Waals surface area contributed by atoms with Gasteiger partial charge >= 0.3 is 0 Å². The number of methoxy groups -OCH3 is 3. The van der Waals surface area contributed by atoms with Crippen LogP contribution < -0.4 is 19.5 Å². The van der Waals surface area contributed by atoms with Crippen molar-refractivity contribution in [2.24, 2.45) is 0 Å². The molecule has 7 nitrogen and oxygen atoms in total. The van der Waals surface area contributed by atoms with Crippen molar-refractivity contribution in [3.63, 3.8) is 0 Å². The van der Waals surface area contributed by atoms with Crippen molar-refractivity contribution in [2.45, 2.75) is 24.8 Å². The molecule has 9 heteroatoms. The van der Waals surface area contributed by atoms with Gasteiger partial charge in [-0.05, 0) is 36.2 Å². The van der Waals surface area contributed by atoms with Gasteiger partial charge in [0.05, 0.1) is 21.3 Å². The van der Waals surface area contributed by atoms with Gasteiger partial charge in [-0.25, -0.2) is 4.39 Å². The Bertz CT molecular complexity index is 944. The second-order valence-corrected chi connectivity index (χ2v) is 8.28. The Balaban J connectivity index is 2.03. The lowest BCUT2D eigenvalue weighted by atomic mass is 10.1. The largest absolute Gasteiger partial charge is 0.493 e. The standard InChI is InChI=1S/C23H27FN2O5S/c1-5-10-25-21(27)17-13-32-23(14-6-8-16(24)9-7-14)26(17)22(28)15-11-18(29-2)20(31-4)19(12-15)30-3/h6-9,11-12,17,23H,5,10,13H2,1-4H3,(H,25,27). The van der Waals surface area contributed by atoms with E-state index in [1.807, 2.05) is 6.92 Å². The number of carbonyl (C=O) groups excluding carboxylic acids is 2. The molecule has 0 spiro atoms. The van der Waals surface area contributed by atoms with Crippen LogP contribution in [0.5, 0.6) is 17.2 Å². The Labute approximate surface area is 191 Å². The first kappa shape index (κ1) is 23.7. The van der Waals surface area contributed by atoms with E-state index < -0.39 is 11.4 Å². The molecular formula is C23H27FN2O5S. The van der Waals surface area contributed by atoms with Gasteiger partial charge in [-0.15, -0.1) is 11.8 Å². The molecule has 0 aromatic heterocycles. The van der Waals surface area contributed by atoms with Crippen LogP contribution in [0.15, 0.2) is 36.4 Å². The summed E-state index contributed by atoms with van der Waals surface area (Å²) >= 11 is 1.46. The molecule has 2 aromatic rings. The van der Waals surface area contributed by atoms with E-state index in [0.717, 1.165) is 12.0 Å². The van der Waals surface area contributed by atoms with Crippen molar-refractivity contribution in [3.05, 3.63) is 53.3 Å². The van der Waals surface area contributed by atoms with Gasteiger partial charge in [0, 0.05) is 17.9 Å². The molecule has 0 aliphatic carbocycles. The van der Waals surface area contributed by atoms with Crippen LogP contribution in [0.25, 0.3) is 0 Å². The summed E-state index contributed by atoms with van der Waals surface area (Å²) in [5, 5.41) is 2.43. The van der Waals surface area contributed by atoms with E-state index in [2.05, 4.69) is 5.32 Å². The molecule has 1 saturated heterocycles. The smallest absolute Gasteiger partial charge is 0.256 e. The number of thioether (sulfide) groups is 1. The zero-order chi connectivity index (χ0) is 23.3. The number of nitrogens with one attached hydrogen (secondary N) is 1. The summed E-state index contributed by atoms with van der Waals surface area (Å²) in [5.74, 6) is 0.532. The average molecular weight is 463 g/mol. The summed E-state index contributed by atoms with van der Waals surface area (Å²) in [6.45, 7) is 2.48. The second kappa shape index (κ2) is 10.6. The van der Waals surface area contributed by atoms with Crippen LogP contribution >= 0.6 is 11.8 Å². The van der Waals surface area contributed by atoms with Crippen molar-refractivity contribution in [2.75, 3.05) is 33.6 Å². The SMILES string of the molecule is CCCNC(=O)C1CSC(c2ccc(F)cc2)N1C(=O)c1cc(OC)c(OC)c(OC)c1. The van der Waals surface area contributed by atoms with Crippen molar-refractivity contribution in [3.8, 4) is 17.2 Å². The first-order valence-electron chi connectivity index (χ1n) is 10.2. The summed E-state index contributed by atoms with van der Waals surface area (Å²) in [7, 11) is 4.43. The van der Waals surface area contributed by atoms with Gasteiger partial charge < -0.3 is 24.4 Å². The topological polar surface area (TPSA) is 77.1 Å². The highest BCUT2D eigenvalue weighted by Gasteiger charge is 2.42. The fraction of sp³-hybridized carbons (Fsp3) is 0.391. The minimum Gasteiger partial charge on any atom is -0.493 e. The fourth-order valence-electron chi connectivity index (χ4n) is 3.56. The number of rotatable bonds is 8. The molecule has 1 heterocycles. The monoisotopic (exact) mass is 462 g/mol. The van der Waals surface area contributed by atoms with Crippen LogP contribution in [0.4, 0.5) is 4.39 Å². The summed E-state index contributed by atoms with van der Waals surface area (Å²) in [5.41, 5.74) is 1.03. The van der Waals surface area contributed by atoms with Gasteiger partial charge in [0.25, 0.3) is 5.91 Å². The molecule has 3 rings (SSSR count). The van der Waals surface area contributed by atoms with Crippen molar-refractivity contribution in [1.29, 1.82) is 0 Å². The van der Waals surface area contributed by atoms with E-state index in [-0.39, 0.29) is 17.6 Å². The van der Waals surface area contributed by atoms with Gasteiger partial charge in [-0.2, -0.15) is 0 Å². The van der Waals surface area contributed by atoms with E-state index in [0.29, 0.717) is 35.1 Å². The quantitative estimate of drug-likeness (QED) is 0.646. The Kier molecular flexibility index (Phi) is 7.84. The van der Waals surface area contributed by atoms with Crippen LogP contribution in [0.1, 0.15) is 34.6 Å². The summed E-state index contributed by atoms with van der Waals surface area (Å²) in [4.78, 5) is 28.2. The van der Waals surface area contributed by atoms with Crippen molar-refractivity contribution in [1.82, 2.24) is 10.2 Å². The normalized spacial score (nSPS) is 17.7. The second-order valence-electron chi connectivity index (χ2n) is 7.17. The molecule has 1 N–H and O–H groups in total. The van der Waals surface area contributed by atoms with Gasteiger partial charge in [0.1, 0.15) is 17.2 Å². The number of nitrogens with zero attached hydrogens (tertiary/aromatic N) is 1. The number of hydrogen-bond acceptors (Lipinski definition) is 6. The lowest BCUT2D eigenvalue weighted by Crippen LogP contribution is -2.48. The summed E-state index contributed by atoms with van der Waals surface area (Å²) in [6, 6.07) is 8.42. The fourth-order valence-corrected chi connectivity index (χ4v) is 4.99. The molecule has 1 fully saturated rings. The maximum Gasteiger partial charge on any atom is 0.256 e. The van der Waals surface area contributed by atoms with E-state index >= 15 is 0 Å². The minimum atomic E-state index is -0.673. The van der Waals surface area contributed by atoms with E-state index in [1.54, 1.807) is 29.2 Å². The van der Waals surface area contributed by atoms with Gasteiger partial charge in [0.15, 0.2) is 11.5 Å². The zero-order valence-corrected chi connectivity index (χ0v) is 19.3. The third-order valence-electron chi connectivity index (χ3n) is 5.15. The van der Waals surface area contributed by atoms with Gasteiger partial charge in [-0.3, -0.25) is 9.59 Å². The zero-order valence-electron chi connectivity index (χ0n) is 18.5. The number of hydrogen-bond donors (Lipinski definition) is 1. The Morgan fingerprint density at radius 2 is 1.72 bits per heavy atom. The van der Waals surface area contributed by atoms with Crippen LogP contribution in [-0.2, 0) is 4.79 Å². The lowest BCUT2D eigenvalue weighted by Gasteiger charge is -2.29. The molecule has 0 saturated carbocycles. The Hall–Kier alpha value is -2.94. The van der Waals surface area contributed by atoms with Crippen LogP contribution in [0.2, 0.25) is 0 Å². The lowest BCUT2D eigenvalue weighted by molar-refractivity contribution is -0.124. The highest BCUT2D eigenvalue weighted by Crippen LogP contribution is 2.44. The highest BCUT2D eigenvalue weighted by atomic mass is 32.2. The Morgan fingerprint density at radius 3 is 2.25 bits per heavy atom. The number of amides is 2. The van der Waals surface area contributed by atoms with Crippen LogP contribution in [0.3, 0.4) is 0 Å². The first-order chi connectivity index (χ1) is 15.4. The average Bonchev–Trinajstić information content (AvgIpc) is 3.26. The molecule has 172 valence electrons. The number of benzene rings is 2.